The number of nitrogens with zero attached hydrogens (tertiary/aromatic N) is 6. The maximum absolute atomic E-state index is 4.99. The van der Waals surface area contributed by atoms with E-state index in [-0.39, 0.29) is 0 Å². The predicted octanol–water partition coefficient (Wildman–Crippen LogP) is 1.05. The molecular formula is C19H31N7. The fourth-order valence-electron chi connectivity index (χ4n) is 4.00. The van der Waals surface area contributed by atoms with Gasteiger partial charge in [0, 0.05) is 64.2 Å². The Morgan fingerprint density at radius 1 is 1.12 bits per heavy atom. The van der Waals surface area contributed by atoms with E-state index in [2.05, 4.69) is 36.9 Å². The van der Waals surface area contributed by atoms with Crippen LogP contribution >= 0.6 is 0 Å². The number of hydrogen-bond acceptors (Lipinski definition) is 5. The number of anilines is 1. The van der Waals surface area contributed by atoms with Crippen LogP contribution < -0.4 is 10.2 Å². The van der Waals surface area contributed by atoms with Gasteiger partial charge in [0.1, 0.15) is 0 Å². The number of hydrogen-bond donors (Lipinski definition) is 1. The SMILES string of the molecule is CCNC(=NCC1CCN(C2CC2)C1)N1CCN(c2ncccn2)CC1. The average molecular weight is 358 g/mol. The largest absolute Gasteiger partial charge is 0.357 e. The van der Waals surface area contributed by atoms with Gasteiger partial charge in [-0.15, -0.1) is 0 Å². The highest BCUT2D eigenvalue weighted by atomic mass is 15.4. The Labute approximate surface area is 156 Å². The molecule has 2 aliphatic heterocycles. The minimum atomic E-state index is 0.725. The first kappa shape index (κ1) is 17.5. The fraction of sp³-hybridized carbons (Fsp3) is 0.737. The molecule has 3 heterocycles. The van der Waals surface area contributed by atoms with Crippen LogP contribution in [-0.2, 0) is 0 Å². The zero-order valence-corrected chi connectivity index (χ0v) is 15.8. The normalized spacial score (nSPS) is 25.0. The molecule has 7 heteroatoms. The smallest absolute Gasteiger partial charge is 0.225 e. The van der Waals surface area contributed by atoms with Crippen LogP contribution in [0.3, 0.4) is 0 Å². The third-order valence-electron chi connectivity index (χ3n) is 5.63. The molecule has 0 spiro atoms. The summed E-state index contributed by atoms with van der Waals surface area (Å²) in [4.78, 5) is 21.0. The Morgan fingerprint density at radius 3 is 2.58 bits per heavy atom. The molecular weight excluding hydrogens is 326 g/mol. The van der Waals surface area contributed by atoms with Crippen molar-refractivity contribution in [3.8, 4) is 0 Å². The molecule has 1 unspecified atom stereocenters. The van der Waals surface area contributed by atoms with E-state index >= 15 is 0 Å². The van der Waals surface area contributed by atoms with E-state index in [9.17, 15) is 0 Å². The van der Waals surface area contributed by atoms with Gasteiger partial charge in [0.15, 0.2) is 5.96 Å². The van der Waals surface area contributed by atoms with Gasteiger partial charge < -0.3 is 20.0 Å². The van der Waals surface area contributed by atoms with Crippen molar-refractivity contribution in [1.29, 1.82) is 0 Å². The number of piperazine rings is 1. The molecule has 4 rings (SSSR count). The topological polar surface area (TPSA) is 59.9 Å². The minimum Gasteiger partial charge on any atom is -0.357 e. The molecule has 3 aliphatic rings. The number of nitrogens with one attached hydrogen (secondary N) is 1. The molecule has 1 N–H and O–H groups in total. The van der Waals surface area contributed by atoms with Crippen LogP contribution in [0.5, 0.6) is 0 Å². The van der Waals surface area contributed by atoms with Crippen molar-refractivity contribution in [3.63, 3.8) is 0 Å². The number of likely N-dealkylation sites (tertiary alicyclic amines) is 1. The van der Waals surface area contributed by atoms with Crippen molar-refractivity contribution in [2.45, 2.75) is 32.2 Å². The maximum Gasteiger partial charge on any atom is 0.225 e. The number of rotatable bonds is 5. The number of aliphatic imine (C=N–C) groups is 1. The van der Waals surface area contributed by atoms with E-state index in [0.29, 0.717) is 0 Å². The lowest BCUT2D eigenvalue weighted by Crippen LogP contribution is -2.53. The lowest BCUT2D eigenvalue weighted by atomic mass is 10.1. The molecule has 0 amide bonds. The Kier molecular flexibility index (Phi) is 5.53. The monoisotopic (exact) mass is 357 g/mol. The van der Waals surface area contributed by atoms with Gasteiger partial charge in [-0.2, -0.15) is 0 Å². The van der Waals surface area contributed by atoms with E-state index in [0.717, 1.165) is 63.1 Å². The molecule has 0 radical (unpaired) electrons. The van der Waals surface area contributed by atoms with Gasteiger partial charge in [-0.1, -0.05) is 0 Å². The molecule has 0 bridgehead atoms. The third kappa shape index (κ3) is 4.26. The second-order valence-corrected chi connectivity index (χ2v) is 7.60. The zero-order valence-electron chi connectivity index (χ0n) is 15.8. The third-order valence-corrected chi connectivity index (χ3v) is 5.63. The first-order valence-corrected chi connectivity index (χ1v) is 10.1. The van der Waals surface area contributed by atoms with Gasteiger partial charge in [0.2, 0.25) is 5.95 Å². The minimum absolute atomic E-state index is 0.725. The van der Waals surface area contributed by atoms with Gasteiger partial charge in [0.25, 0.3) is 0 Å². The summed E-state index contributed by atoms with van der Waals surface area (Å²) < 4.78 is 0. The standard InChI is InChI=1S/C19H31N7/c1-2-20-18(23-14-16-6-9-26(15-16)17-4-5-17)24-10-12-25(13-11-24)19-21-7-3-8-22-19/h3,7-8,16-17H,2,4-6,9-15H2,1H3,(H,20,23). The Balaban J connectivity index is 1.30. The molecule has 7 nitrogen and oxygen atoms in total. The van der Waals surface area contributed by atoms with E-state index < -0.39 is 0 Å². The summed E-state index contributed by atoms with van der Waals surface area (Å²) in [6.45, 7) is 10.3. The predicted molar refractivity (Wildman–Crippen MR) is 104 cm³/mol. The lowest BCUT2D eigenvalue weighted by molar-refractivity contribution is 0.315. The van der Waals surface area contributed by atoms with Crippen molar-refractivity contribution in [2.24, 2.45) is 10.9 Å². The highest BCUT2D eigenvalue weighted by molar-refractivity contribution is 5.80. The van der Waals surface area contributed by atoms with Crippen molar-refractivity contribution in [2.75, 3.05) is 57.3 Å². The molecule has 3 fully saturated rings. The average Bonchev–Trinajstić information content (AvgIpc) is 3.44. The first-order chi connectivity index (χ1) is 12.8. The summed E-state index contributed by atoms with van der Waals surface area (Å²) in [5.74, 6) is 2.63. The lowest BCUT2D eigenvalue weighted by Gasteiger charge is -2.36. The first-order valence-electron chi connectivity index (χ1n) is 10.1. The van der Waals surface area contributed by atoms with Crippen molar-refractivity contribution >= 4 is 11.9 Å². The van der Waals surface area contributed by atoms with Crippen LogP contribution in [0.1, 0.15) is 26.2 Å². The van der Waals surface area contributed by atoms with Gasteiger partial charge in [-0.05, 0) is 44.7 Å². The summed E-state index contributed by atoms with van der Waals surface area (Å²) in [7, 11) is 0. The van der Waals surface area contributed by atoms with Crippen LogP contribution in [0.2, 0.25) is 0 Å². The maximum atomic E-state index is 4.99. The summed E-state index contributed by atoms with van der Waals surface area (Å²) in [6.07, 6.45) is 7.75. The summed E-state index contributed by atoms with van der Waals surface area (Å²) in [5.41, 5.74) is 0. The van der Waals surface area contributed by atoms with Gasteiger partial charge in [-0.3, -0.25) is 4.99 Å². The summed E-state index contributed by atoms with van der Waals surface area (Å²) in [5, 5.41) is 3.49. The molecule has 142 valence electrons. The molecule has 1 saturated carbocycles. The van der Waals surface area contributed by atoms with E-state index in [4.69, 9.17) is 4.99 Å². The van der Waals surface area contributed by atoms with Crippen LogP contribution in [-0.4, -0.2) is 84.1 Å². The zero-order chi connectivity index (χ0) is 17.8. The van der Waals surface area contributed by atoms with Gasteiger partial charge in [0.05, 0.1) is 0 Å². The molecule has 0 aromatic carbocycles. The van der Waals surface area contributed by atoms with Gasteiger partial charge >= 0.3 is 0 Å². The molecule has 1 aromatic heterocycles. The Hall–Kier alpha value is -1.89. The molecule has 1 aliphatic carbocycles. The van der Waals surface area contributed by atoms with Crippen molar-refractivity contribution < 1.29 is 0 Å². The summed E-state index contributed by atoms with van der Waals surface area (Å²) in [6, 6.07) is 2.76. The number of guanidine groups is 1. The quantitative estimate of drug-likeness (QED) is 0.628. The van der Waals surface area contributed by atoms with Gasteiger partial charge in [-0.25, -0.2) is 9.97 Å². The molecule has 1 aromatic rings. The van der Waals surface area contributed by atoms with Crippen molar-refractivity contribution in [1.82, 2.24) is 25.1 Å². The number of aromatic nitrogens is 2. The van der Waals surface area contributed by atoms with Crippen LogP contribution in [0.15, 0.2) is 23.5 Å². The highest BCUT2D eigenvalue weighted by Crippen LogP contribution is 2.31. The Bertz CT molecular complexity index is 593. The second kappa shape index (κ2) is 8.20. The van der Waals surface area contributed by atoms with Crippen LogP contribution in [0.4, 0.5) is 5.95 Å². The van der Waals surface area contributed by atoms with E-state index in [1.807, 2.05) is 18.5 Å². The summed E-state index contributed by atoms with van der Waals surface area (Å²) >= 11 is 0. The molecule has 2 saturated heterocycles. The van der Waals surface area contributed by atoms with Crippen molar-refractivity contribution in [3.05, 3.63) is 18.5 Å². The van der Waals surface area contributed by atoms with Crippen LogP contribution in [0.25, 0.3) is 0 Å². The highest BCUT2D eigenvalue weighted by Gasteiger charge is 2.34. The van der Waals surface area contributed by atoms with E-state index in [1.165, 1.54) is 32.4 Å². The molecule has 1 atom stereocenters. The molecule has 26 heavy (non-hydrogen) atoms. The Morgan fingerprint density at radius 2 is 1.88 bits per heavy atom. The van der Waals surface area contributed by atoms with E-state index in [1.54, 1.807) is 0 Å². The van der Waals surface area contributed by atoms with Crippen LogP contribution in [0, 0.1) is 5.92 Å². The second-order valence-electron chi connectivity index (χ2n) is 7.60. The fourth-order valence-corrected chi connectivity index (χ4v) is 4.00.